The van der Waals surface area contributed by atoms with Gasteiger partial charge < -0.3 is 28.7 Å². The molecule has 1 aromatic heterocycles. The van der Waals surface area contributed by atoms with Crippen molar-refractivity contribution in [3.63, 3.8) is 0 Å². The van der Waals surface area contributed by atoms with Gasteiger partial charge in [-0.25, -0.2) is 4.57 Å². The molecule has 0 radical (unpaired) electrons. The Hall–Kier alpha value is -0.650. The number of carbonyl (C=O) groups excluding carboxylic acids is 1. The molecule has 78 valence electrons. The molecule has 14 heavy (non-hydrogen) atoms. The van der Waals surface area contributed by atoms with Gasteiger partial charge in [0.1, 0.15) is 7.05 Å². The number of nitrogens with zero attached hydrogens (tertiary/aromatic N) is 1. The van der Waals surface area contributed by atoms with Crippen LogP contribution in [0.15, 0.2) is 24.5 Å². The second-order valence-electron chi connectivity index (χ2n) is 2.85. The maximum atomic E-state index is 11.1. The van der Waals surface area contributed by atoms with Gasteiger partial charge >= 0.3 is 5.97 Å². The van der Waals surface area contributed by atoms with Gasteiger partial charge in [-0.1, -0.05) is 0 Å². The van der Waals surface area contributed by atoms with Gasteiger partial charge in [0, 0.05) is 12.1 Å². The number of aryl methyl sites for hydroxylation is 1. The van der Waals surface area contributed by atoms with Gasteiger partial charge in [0.05, 0.1) is 13.0 Å². The van der Waals surface area contributed by atoms with Crippen molar-refractivity contribution >= 4 is 5.97 Å². The minimum Gasteiger partial charge on any atom is -1.00 e. The summed E-state index contributed by atoms with van der Waals surface area (Å²) in [7, 11) is 1.94. The maximum absolute atomic E-state index is 11.1. The predicted molar refractivity (Wildman–Crippen MR) is 48.0 cm³/mol. The SMILES string of the molecule is CCOC(=O)Cc1cc[n+](C)cc1.[I-]. The Balaban J connectivity index is 0.00000169. The van der Waals surface area contributed by atoms with Crippen LogP contribution in [-0.4, -0.2) is 12.6 Å². The molecular formula is C10H14INO2. The Kier molecular flexibility index (Phi) is 6.44. The third-order valence-corrected chi connectivity index (χ3v) is 1.70. The van der Waals surface area contributed by atoms with Crippen molar-refractivity contribution in [3.8, 4) is 0 Å². The van der Waals surface area contributed by atoms with Crippen molar-refractivity contribution in [3.05, 3.63) is 30.1 Å². The monoisotopic (exact) mass is 307 g/mol. The molecule has 0 amide bonds. The fraction of sp³-hybridized carbons (Fsp3) is 0.400. The molecule has 3 nitrogen and oxygen atoms in total. The Labute approximate surface area is 101 Å². The lowest BCUT2D eigenvalue weighted by atomic mass is 10.2. The molecule has 0 spiro atoms. The highest BCUT2D eigenvalue weighted by atomic mass is 127. The molecule has 0 unspecified atom stereocenters. The molecule has 0 saturated heterocycles. The van der Waals surface area contributed by atoms with Crippen LogP contribution in [0.25, 0.3) is 0 Å². The molecule has 1 aromatic rings. The average Bonchev–Trinajstić information content (AvgIpc) is 2.09. The molecule has 0 fully saturated rings. The Morgan fingerprint density at radius 1 is 1.43 bits per heavy atom. The van der Waals surface area contributed by atoms with Crippen molar-refractivity contribution < 1.29 is 38.1 Å². The zero-order chi connectivity index (χ0) is 9.68. The third-order valence-electron chi connectivity index (χ3n) is 1.70. The van der Waals surface area contributed by atoms with Crippen molar-refractivity contribution in [2.24, 2.45) is 7.05 Å². The number of halogens is 1. The van der Waals surface area contributed by atoms with Crippen molar-refractivity contribution in [1.82, 2.24) is 0 Å². The lowest BCUT2D eigenvalue weighted by molar-refractivity contribution is -0.671. The Morgan fingerprint density at radius 2 is 2.00 bits per heavy atom. The van der Waals surface area contributed by atoms with E-state index in [1.807, 2.05) is 43.1 Å². The third kappa shape index (κ3) is 4.55. The van der Waals surface area contributed by atoms with Crippen molar-refractivity contribution in [2.75, 3.05) is 6.61 Å². The van der Waals surface area contributed by atoms with Gasteiger partial charge in [-0.2, -0.15) is 0 Å². The minimum atomic E-state index is -0.170. The molecule has 0 saturated carbocycles. The fourth-order valence-electron chi connectivity index (χ4n) is 1.03. The highest BCUT2D eigenvalue weighted by Gasteiger charge is 2.04. The van der Waals surface area contributed by atoms with Crippen LogP contribution in [0, 0.1) is 0 Å². The average molecular weight is 307 g/mol. The molecule has 0 bridgehead atoms. The Morgan fingerprint density at radius 3 is 2.50 bits per heavy atom. The predicted octanol–water partition coefficient (Wildman–Crippen LogP) is -2.38. The topological polar surface area (TPSA) is 30.2 Å². The first-order valence-corrected chi connectivity index (χ1v) is 4.32. The summed E-state index contributed by atoms with van der Waals surface area (Å²) >= 11 is 0. The quantitative estimate of drug-likeness (QED) is 0.355. The molecule has 1 rings (SSSR count). The van der Waals surface area contributed by atoms with Crippen LogP contribution < -0.4 is 28.5 Å². The minimum absolute atomic E-state index is 0. The highest BCUT2D eigenvalue weighted by Crippen LogP contribution is 1.97. The standard InChI is InChI=1S/C10H14NO2.HI/c1-3-13-10(12)8-9-4-6-11(2)7-5-9;/h4-7H,3,8H2,1-2H3;1H/q+1;/p-1. The maximum Gasteiger partial charge on any atom is 0.310 e. The summed E-state index contributed by atoms with van der Waals surface area (Å²) in [6.45, 7) is 2.25. The molecule has 0 aliphatic heterocycles. The largest absolute Gasteiger partial charge is 1.00 e. The number of hydrogen-bond acceptors (Lipinski definition) is 2. The number of pyridine rings is 1. The van der Waals surface area contributed by atoms with Gasteiger partial charge in [0.2, 0.25) is 0 Å². The summed E-state index contributed by atoms with van der Waals surface area (Å²) in [5.74, 6) is -0.170. The van der Waals surface area contributed by atoms with Crippen LogP contribution in [0.1, 0.15) is 12.5 Å². The van der Waals surface area contributed by atoms with E-state index in [9.17, 15) is 4.79 Å². The zero-order valence-corrected chi connectivity index (χ0v) is 10.5. The van der Waals surface area contributed by atoms with Gasteiger partial charge in [0.25, 0.3) is 0 Å². The van der Waals surface area contributed by atoms with E-state index in [1.165, 1.54) is 0 Å². The number of rotatable bonds is 3. The molecule has 0 aliphatic rings. The molecule has 0 aliphatic carbocycles. The summed E-state index contributed by atoms with van der Waals surface area (Å²) in [5, 5.41) is 0. The van der Waals surface area contributed by atoms with Gasteiger partial charge in [-0.15, -0.1) is 0 Å². The summed E-state index contributed by atoms with van der Waals surface area (Å²) in [6.07, 6.45) is 4.18. The van der Waals surface area contributed by atoms with Crippen molar-refractivity contribution in [1.29, 1.82) is 0 Å². The lowest BCUT2D eigenvalue weighted by Crippen LogP contribution is -3.00. The highest BCUT2D eigenvalue weighted by molar-refractivity contribution is 5.72. The van der Waals surface area contributed by atoms with Gasteiger partial charge in [0.15, 0.2) is 12.4 Å². The number of esters is 1. The number of hydrogen-bond donors (Lipinski definition) is 0. The molecule has 1 heterocycles. The van der Waals surface area contributed by atoms with Crippen LogP contribution in [-0.2, 0) is 23.0 Å². The lowest BCUT2D eigenvalue weighted by Gasteiger charge is -2.00. The van der Waals surface area contributed by atoms with Crippen LogP contribution in [0.3, 0.4) is 0 Å². The summed E-state index contributed by atoms with van der Waals surface area (Å²) in [6, 6.07) is 3.83. The molecule has 0 atom stereocenters. The van der Waals surface area contributed by atoms with Crippen LogP contribution in [0.4, 0.5) is 0 Å². The molecular weight excluding hydrogens is 293 g/mol. The van der Waals surface area contributed by atoms with E-state index in [2.05, 4.69) is 0 Å². The van der Waals surface area contributed by atoms with E-state index in [4.69, 9.17) is 4.74 Å². The second kappa shape index (κ2) is 6.75. The fourth-order valence-corrected chi connectivity index (χ4v) is 1.03. The van der Waals surface area contributed by atoms with E-state index in [0.29, 0.717) is 13.0 Å². The van der Waals surface area contributed by atoms with Crippen LogP contribution >= 0.6 is 0 Å². The Bertz CT molecular complexity index is 285. The smallest absolute Gasteiger partial charge is 0.310 e. The van der Waals surface area contributed by atoms with E-state index >= 15 is 0 Å². The summed E-state index contributed by atoms with van der Waals surface area (Å²) in [4.78, 5) is 11.1. The zero-order valence-electron chi connectivity index (χ0n) is 8.37. The molecule has 0 aromatic carbocycles. The second-order valence-corrected chi connectivity index (χ2v) is 2.85. The number of ether oxygens (including phenoxy) is 1. The first-order valence-electron chi connectivity index (χ1n) is 4.32. The van der Waals surface area contributed by atoms with E-state index in [1.54, 1.807) is 0 Å². The van der Waals surface area contributed by atoms with Crippen molar-refractivity contribution in [2.45, 2.75) is 13.3 Å². The van der Waals surface area contributed by atoms with Crippen LogP contribution in [0.2, 0.25) is 0 Å². The normalized spacial score (nSPS) is 9.00. The first-order chi connectivity index (χ1) is 6.22. The van der Waals surface area contributed by atoms with Gasteiger partial charge in [-0.3, -0.25) is 4.79 Å². The van der Waals surface area contributed by atoms with Crippen LogP contribution in [0.5, 0.6) is 0 Å². The van der Waals surface area contributed by atoms with E-state index < -0.39 is 0 Å². The van der Waals surface area contributed by atoms with Gasteiger partial charge in [-0.05, 0) is 12.5 Å². The molecule has 4 heteroatoms. The number of aromatic nitrogens is 1. The molecule has 0 N–H and O–H groups in total. The first kappa shape index (κ1) is 13.4. The summed E-state index contributed by atoms with van der Waals surface area (Å²) < 4.78 is 6.76. The number of carbonyl (C=O) groups is 1. The van der Waals surface area contributed by atoms with E-state index in [0.717, 1.165) is 5.56 Å². The van der Waals surface area contributed by atoms with E-state index in [-0.39, 0.29) is 29.9 Å². The summed E-state index contributed by atoms with van der Waals surface area (Å²) in [5.41, 5.74) is 0.983.